The topological polar surface area (TPSA) is 72.2 Å². The molecule has 0 saturated carbocycles. The molecule has 0 aromatic carbocycles. The first-order valence-electron chi connectivity index (χ1n) is 5.61. The Kier molecular flexibility index (Phi) is 3.96. The molecule has 88 valence electrons. The summed E-state index contributed by atoms with van der Waals surface area (Å²) in [7, 11) is 0. The van der Waals surface area contributed by atoms with Gasteiger partial charge in [-0.1, -0.05) is 0 Å². The van der Waals surface area contributed by atoms with Crippen molar-refractivity contribution in [3.63, 3.8) is 0 Å². The molecular formula is C11H18N4O. The summed E-state index contributed by atoms with van der Waals surface area (Å²) in [6, 6.07) is 4.19. The molecule has 1 saturated heterocycles. The SMILES string of the molecule is Nc1ccc(NCCC2COCCN2)cn1. The molecule has 0 spiro atoms. The highest BCUT2D eigenvalue weighted by Gasteiger charge is 2.11. The minimum atomic E-state index is 0.461. The van der Waals surface area contributed by atoms with Crippen molar-refractivity contribution in [1.82, 2.24) is 10.3 Å². The highest BCUT2D eigenvalue weighted by molar-refractivity contribution is 5.45. The molecule has 1 aliphatic rings. The summed E-state index contributed by atoms with van der Waals surface area (Å²) in [5.41, 5.74) is 6.51. The molecule has 1 aliphatic heterocycles. The maximum atomic E-state index is 5.51. The van der Waals surface area contributed by atoms with E-state index < -0.39 is 0 Å². The van der Waals surface area contributed by atoms with Gasteiger partial charge in [0.1, 0.15) is 5.82 Å². The molecule has 1 aromatic heterocycles. The number of morpholine rings is 1. The van der Waals surface area contributed by atoms with Crippen molar-refractivity contribution >= 4 is 11.5 Å². The molecule has 1 atom stereocenters. The first-order valence-corrected chi connectivity index (χ1v) is 5.61. The summed E-state index contributed by atoms with van der Waals surface area (Å²) in [5.74, 6) is 0.549. The summed E-state index contributed by atoms with van der Waals surface area (Å²) in [5, 5.41) is 6.72. The molecule has 5 nitrogen and oxygen atoms in total. The number of hydrogen-bond acceptors (Lipinski definition) is 5. The number of nitrogens with zero attached hydrogens (tertiary/aromatic N) is 1. The first kappa shape index (κ1) is 11.2. The largest absolute Gasteiger partial charge is 0.384 e. The molecule has 2 rings (SSSR count). The number of hydrogen-bond donors (Lipinski definition) is 3. The van der Waals surface area contributed by atoms with E-state index in [-0.39, 0.29) is 0 Å². The molecule has 1 aromatic rings. The number of ether oxygens (including phenoxy) is 1. The quantitative estimate of drug-likeness (QED) is 0.690. The van der Waals surface area contributed by atoms with Gasteiger partial charge in [-0.2, -0.15) is 0 Å². The number of nitrogens with two attached hydrogens (primary N) is 1. The standard InChI is InChI=1S/C11H18N4O/c12-11-2-1-9(7-15-11)13-4-3-10-8-16-6-5-14-10/h1-2,7,10,13-14H,3-6,8H2,(H2,12,15). The van der Waals surface area contributed by atoms with E-state index in [1.165, 1.54) is 0 Å². The van der Waals surface area contributed by atoms with E-state index in [4.69, 9.17) is 10.5 Å². The molecular weight excluding hydrogens is 204 g/mol. The summed E-state index contributed by atoms with van der Waals surface area (Å²) in [4.78, 5) is 4.02. The molecule has 0 radical (unpaired) electrons. The van der Waals surface area contributed by atoms with Gasteiger partial charge in [0.25, 0.3) is 0 Å². The van der Waals surface area contributed by atoms with Gasteiger partial charge in [0.2, 0.25) is 0 Å². The number of anilines is 2. The summed E-state index contributed by atoms with van der Waals surface area (Å²) >= 11 is 0. The second-order valence-electron chi connectivity index (χ2n) is 3.91. The molecule has 0 amide bonds. The van der Waals surface area contributed by atoms with Crippen LogP contribution >= 0.6 is 0 Å². The highest BCUT2D eigenvalue weighted by atomic mass is 16.5. The number of rotatable bonds is 4. The third-order valence-corrected chi connectivity index (χ3v) is 2.61. The third-order valence-electron chi connectivity index (χ3n) is 2.61. The Labute approximate surface area is 95.4 Å². The first-order chi connectivity index (χ1) is 7.84. The summed E-state index contributed by atoms with van der Waals surface area (Å²) < 4.78 is 5.38. The lowest BCUT2D eigenvalue weighted by atomic mass is 10.2. The zero-order valence-electron chi connectivity index (χ0n) is 9.28. The fourth-order valence-corrected chi connectivity index (χ4v) is 1.71. The molecule has 1 unspecified atom stereocenters. The van der Waals surface area contributed by atoms with E-state index in [0.29, 0.717) is 11.9 Å². The predicted molar refractivity (Wildman–Crippen MR) is 64.4 cm³/mol. The second-order valence-corrected chi connectivity index (χ2v) is 3.91. The van der Waals surface area contributed by atoms with E-state index in [2.05, 4.69) is 15.6 Å². The molecule has 5 heteroatoms. The molecule has 4 N–H and O–H groups in total. The normalized spacial score (nSPS) is 20.6. The lowest BCUT2D eigenvalue weighted by Gasteiger charge is -2.23. The van der Waals surface area contributed by atoms with Crippen LogP contribution < -0.4 is 16.4 Å². The summed E-state index contributed by atoms with van der Waals surface area (Å²) in [6.07, 6.45) is 2.80. The van der Waals surface area contributed by atoms with Crippen LogP contribution in [0.4, 0.5) is 11.5 Å². The average Bonchev–Trinajstić information content (AvgIpc) is 2.33. The van der Waals surface area contributed by atoms with Crippen molar-refractivity contribution < 1.29 is 4.74 Å². The van der Waals surface area contributed by atoms with Gasteiger partial charge < -0.3 is 21.1 Å². The van der Waals surface area contributed by atoms with Crippen molar-refractivity contribution in [2.45, 2.75) is 12.5 Å². The van der Waals surface area contributed by atoms with Crippen molar-refractivity contribution in [1.29, 1.82) is 0 Å². The van der Waals surface area contributed by atoms with Gasteiger partial charge in [0.15, 0.2) is 0 Å². The number of aromatic nitrogens is 1. The Morgan fingerprint density at radius 1 is 1.56 bits per heavy atom. The Hall–Kier alpha value is -1.33. The molecule has 0 bridgehead atoms. The van der Waals surface area contributed by atoms with Crippen molar-refractivity contribution in [3.8, 4) is 0 Å². The molecule has 2 heterocycles. The molecule has 16 heavy (non-hydrogen) atoms. The number of pyridine rings is 1. The lowest BCUT2D eigenvalue weighted by Crippen LogP contribution is -2.42. The van der Waals surface area contributed by atoms with E-state index >= 15 is 0 Å². The van der Waals surface area contributed by atoms with E-state index in [1.807, 2.05) is 6.07 Å². The average molecular weight is 222 g/mol. The van der Waals surface area contributed by atoms with Crippen molar-refractivity contribution in [2.75, 3.05) is 37.4 Å². The monoisotopic (exact) mass is 222 g/mol. The fourth-order valence-electron chi connectivity index (χ4n) is 1.71. The van der Waals surface area contributed by atoms with Gasteiger partial charge in [-0.15, -0.1) is 0 Å². The maximum Gasteiger partial charge on any atom is 0.123 e. The van der Waals surface area contributed by atoms with Gasteiger partial charge in [0.05, 0.1) is 25.1 Å². The van der Waals surface area contributed by atoms with E-state index in [9.17, 15) is 0 Å². The highest BCUT2D eigenvalue weighted by Crippen LogP contribution is 2.07. The van der Waals surface area contributed by atoms with Crippen LogP contribution in [-0.4, -0.2) is 37.3 Å². The fraction of sp³-hybridized carbons (Fsp3) is 0.545. The number of nitrogen functional groups attached to an aromatic ring is 1. The van der Waals surface area contributed by atoms with Crippen LogP contribution in [0.1, 0.15) is 6.42 Å². The number of nitrogens with one attached hydrogen (secondary N) is 2. The van der Waals surface area contributed by atoms with Crippen molar-refractivity contribution in [3.05, 3.63) is 18.3 Å². The zero-order chi connectivity index (χ0) is 11.2. The Bertz CT molecular complexity index is 308. The van der Waals surface area contributed by atoms with Gasteiger partial charge in [-0.25, -0.2) is 4.98 Å². The van der Waals surface area contributed by atoms with Crippen molar-refractivity contribution in [2.24, 2.45) is 0 Å². The Morgan fingerprint density at radius 3 is 3.19 bits per heavy atom. The van der Waals surface area contributed by atoms with Gasteiger partial charge >= 0.3 is 0 Å². The van der Waals surface area contributed by atoms with Crippen LogP contribution in [0.15, 0.2) is 18.3 Å². The smallest absolute Gasteiger partial charge is 0.123 e. The second kappa shape index (κ2) is 5.67. The van der Waals surface area contributed by atoms with E-state index in [0.717, 1.165) is 38.4 Å². The minimum absolute atomic E-state index is 0.461. The molecule has 1 fully saturated rings. The van der Waals surface area contributed by atoms with Gasteiger partial charge in [-0.3, -0.25) is 0 Å². The van der Waals surface area contributed by atoms with Crippen LogP contribution in [0.5, 0.6) is 0 Å². The zero-order valence-corrected chi connectivity index (χ0v) is 9.28. The van der Waals surface area contributed by atoms with Gasteiger partial charge in [-0.05, 0) is 18.6 Å². The minimum Gasteiger partial charge on any atom is -0.384 e. The summed E-state index contributed by atoms with van der Waals surface area (Å²) in [6.45, 7) is 3.49. The lowest BCUT2D eigenvalue weighted by molar-refractivity contribution is 0.0753. The van der Waals surface area contributed by atoms with Crippen LogP contribution in [0.3, 0.4) is 0 Å². The van der Waals surface area contributed by atoms with Crippen LogP contribution in [0.2, 0.25) is 0 Å². The van der Waals surface area contributed by atoms with Crippen LogP contribution in [0.25, 0.3) is 0 Å². The molecule has 0 aliphatic carbocycles. The predicted octanol–water partition coefficient (Wildman–Crippen LogP) is 0.454. The van der Waals surface area contributed by atoms with Crippen LogP contribution in [-0.2, 0) is 4.74 Å². The Balaban J connectivity index is 1.69. The maximum absolute atomic E-state index is 5.51. The Morgan fingerprint density at radius 2 is 2.50 bits per heavy atom. The van der Waals surface area contributed by atoms with Gasteiger partial charge in [0, 0.05) is 19.1 Å². The van der Waals surface area contributed by atoms with E-state index in [1.54, 1.807) is 12.3 Å². The van der Waals surface area contributed by atoms with Crippen LogP contribution in [0, 0.1) is 0 Å². The third kappa shape index (κ3) is 3.36.